The molecule has 4 rings (SSSR count). The van der Waals surface area contributed by atoms with Crippen LogP contribution >= 0.6 is 0 Å². The Balaban J connectivity index is 0.000000117. The molecular formula is C18H20O. The van der Waals surface area contributed by atoms with Crippen molar-refractivity contribution in [2.24, 2.45) is 0 Å². The lowest BCUT2D eigenvalue weighted by molar-refractivity contribution is 0.134. The first kappa shape index (κ1) is 12.4. The molecule has 0 spiro atoms. The van der Waals surface area contributed by atoms with Crippen LogP contribution in [0.5, 0.6) is 0 Å². The Morgan fingerprint density at radius 2 is 1.00 bits per heavy atom. The highest BCUT2D eigenvalue weighted by atomic mass is 16.5. The van der Waals surface area contributed by atoms with Gasteiger partial charge in [0, 0.05) is 0 Å². The molecule has 0 N–H and O–H groups in total. The minimum atomic E-state index is 0.802. The van der Waals surface area contributed by atoms with E-state index in [1.54, 1.807) is 11.1 Å². The number of fused-ring (bicyclic) bond motifs is 2. The summed E-state index contributed by atoms with van der Waals surface area (Å²) in [7, 11) is 0. The average molecular weight is 252 g/mol. The predicted molar refractivity (Wildman–Crippen MR) is 78.0 cm³/mol. The van der Waals surface area contributed by atoms with Gasteiger partial charge in [0.05, 0.1) is 13.2 Å². The fourth-order valence-corrected chi connectivity index (χ4v) is 2.79. The summed E-state index contributed by atoms with van der Waals surface area (Å²) in [6.07, 6.45) is 5.38. The van der Waals surface area contributed by atoms with E-state index in [-0.39, 0.29) is 0 Å². The Labute approximate surface area is 115 Å². The largest absolute Gasteiger partial charge is 0.372 e. The molecule has 0 amide bonds. The van der Waals surface area contributed by atoms with Gasteiger partial charge in [-0.25, -0.2) is 0 Å². The molecule has 0 fully saturated rings. The van der Waals surface area contributed by atoms with Crippen molar-refractivity contribution < 1.29 is 4.74 Å². The topological polar surface area (TPSA) is 9.23 Å². The Kier molecular flexibility index (Phi) is 3.95. The number of benzene rings is 2. The molecule has 0 saturated carbocycles. The predicted octanol–water partition coefficient (Wildman–Crippen LogP) is 4.28. The molecule has 0 bridgehead atoms. The number of aryl methyl sites for hydroxylation is 2. The van der Waals surface area contributed by atoms with Crippen LogP contribution in [0.25, 0.3) is 0 Å². The molecule has 1 heterocycles. The fourth-order valence-electron chi connectivity index (χ4n) is 2.79. The highest BCUT2D eigenvalue weighted by molar-refractivity contribution is 5.29. The van der Waals surface area contributed by atoms with Gasteiger partial charge in [0.2, 0.25) is 0 Å². The average Bonchev–Trinajstić information content (AvgIpc) is 2.96. The second-order valence-electron chi connectivity index (χ2n) is 5.24. The SMILES string of the molecule is c1ccc2c(c1)CCCC2.c1ccc2c(c1)COC2. The zero-order valence-electron chi connectivity index (χ0n) is 11.3. The van der Waals surface area contributed by atoms with Gasteiger partial charge in [0.25, 0.3) is 0 Å². The van der Waals surface area contributed by atoms with Crippen LogP contribution in [0.2, 0.25) is 0 Å². The van der Waals surface area contributed by atoms with Crippen LogP contribution in [0.4, 0.5) is 0 Å². The summed E-state index contributed by atoms with van der Waals surface area (Å²) in [5, 5.41) is 0. The molecular weight excluding hydrogens is 232 g/mol. The zero-order chi connectivity index (χ0) is 12.9. The van der Waals surface area contributed by atoms with Gasteiger partial charge in [-0.15, -0.1) is 0 Å². The highest BCUT2D eigenvalue weighted by Crippen LogP contribution is 2.20. The lowest BCUT2D eigenvalue weighted by Gasteiger charge is -2.13. The Bertz CT molecular complexity index is 497. The number of rotatable bonds is 0. The normalized spacial score (nSPS) is 16.0. The number of hydrogen-bond donors (Lipinski definition) is 0. The van der Waals surface area contributed by atoms with Crippen molar-refractivity contribution in [1.29, 1.82) is 0 Å². The van der Waals surface area contributed by atoms with Gasteiger partial charge in [-0.3, -0.25) is 0 Å². The lowest BCUT2D eigenvalue weighted by Crippen LogP contribution is -2.00. The van der Waals surface area contributed by atoms with Crippen molar-refractivity contribution in [1.82, 2.24) is 0 Å². The first-order chi connectivity index (χ1) is 9.43. The van der Waals surface area contributed by atoms with E-state index in [1.165, 1.54) is 36.8 Å². The van der Waals surface area contributed by atoms with Gasteiger partial charge in [0.1, 0.15) is 0 Å². The van der Waals surface area contributed by atoms with Crippen LogP contribution in [0, 0.1) is 0 Å². The maximum absolute atomic E-state index is 5.21. The summed E-state index contributed by atoms with van der Waals surface area (Å²) in [6.45, 7) is 1.60. The van der Waals surface area contributed by atoms with E-state index >= 15 is 0 Å². The molecule has 0 saturated heterocycles. The zero-order valence-corrected chi connectivity index (χ0v) is 11.3. The summed E-state index contributed by atoms with van der Waals surface area (Å²) < 4.78 is 5.21. The van der Waals surface area contributed by atoms with Crippen LogP contribution < -0.4 is 0 Å². The smallest absolute Gasteiger partial charge is 0.0724 e. The van der Waals surface area contributed by atoms with Gasteiger partial charge in [-0.1, -0.05) is 48.5 Å². The van der Waals surface area contributed by atoms with Crippen molar-refractivity contribution >= 4 is 0 Å². The molecule has 1 aliphatic heterocycles. The van der Waals surface area contributed by atoms with Crippen LogP contribution in [-0.4, -0.2) is 0 Å². The van der Waals surface area contributed by atoms with Crippen molar-refractivity contribution in [3.63, 3.8) is 0 Å². The van der Waals surface area contributed by atoms with Crippen LogP contribution in [0.3, 0.4) is 0 Å². The summed E-state index contributed by atoms with van der Waals surface area (Å²) in [5.41, 5.74) is 5.84. The molecule has 0 atom stereocenters. The van der Waals surface area contributed by atoms with Crippen molar-refractivity contribution in [3.05, 3.63) is 70.8 Å². The molecule has 0 unspecified atom stereocenters. The van der Waals surface area contributed by atoms with E-state index in [0.29, 0.717) is 0 Å². The molecule has 98 valence electrons. The summed E-state index contributed by atoms with van der Waals surface area (Å²) in [6, 6.07) is 17.1. The highest BCUT2D eigenvalue weighted by Gasteiger charge is 2.07. The molecule has 2 aliphatic rings. The summed E-state index contributed by atoms with van der Waals surface area (Å²) in [4.78, 5) is 0. The van der Waals surface area contributed by atoms with E-state index in [4.69, 9.17) is 4.74 Å². The van der Waals surface area contributed by atoms with Crippen LogP contribution in [0.15, 0.2) is 48.5 Å². The van der Waals surface area contributed by atoms with E-state index < -0.39 is 0 Å². The lowest BCUT2D eigenvalue weighted by atomic mass is 9.92. The Morgan fingerprint density at radius 3 is 1.47 bits per heavy atom. The van der Waals surface area contributed by atoms with Crippen molar-refractivity contribution in [3.8, 4) is 0 Å². The van der Waals surface area contributed by atoms with E-state index in [0.717, 1.165) is 13.2 Å². The third kappa shape index (κ3) is 3.05. The van der Waals surface area contributed by atoms with E-state index in [9.17, 15) is 0 Å². The molecule has 19 heavy (non-hydrogen) atoms. The third-order valence-electron chi connectivity index (χ3n) is 3.89. The molecule has 0 aromatic heterocycles. The van der Waals surface area contributed by atoms with Gasteiger partial charge in [0.15, 0.2) is 0 Å². The minimum absolute atomic E-state index is 0.802. The molecule has 1 aliphatic carbocycles. The first-order valence-electron chi connectivity index (χ1n) is 7.15. The second-order valence-corrected chi connectivity index (χ2v) is 5.24. The molecule has 1 heteroatoms. The fraction of sp³-hybridized carbons (Fsp3) is 0.333. The second kappa shape index (κ2) is 6.03. The summed E-state index contributed by atoms with van der Waals surface area (Å²) >= 11 is 0. The Hall–Kier alpha value is -1.60. The quantitative estimate of drug-likeness (QED) is 0.680. The third-order valence-corrected chi connectivity index (χ3v) is 3.89. The molecule has 0 radical (unpaired) electrons. The van der Waals surface area contributed by atoms with Gasteiger partial charge in [-0.2, -0.15) is 0 Å². The van der Waals surface area contributed by atoms with Crippen LogP contribution in [0.1, 0.15) is 35.1 Å². The van der Waals surface area contributed by atoms with Crippen molar-refractivity contribution in [2.45, 2.75) is 38.9 Å². The standard InChI is InChI=1S/C10H12.C8H8O/c1-2-6-10-8-4-3-7-9(10)5-1;1-2-4-8-6-9-5-7(8)3-1/h1-2,5-6H,3-4,7-8H2;1-4H,5-6H2. The van der Waals surface area contributed by atoms with Crippen LogP contribution in [-0.2, 0) is 30.8 Å². The van der Waals surface area contributed by atoms with E-state index in [1.807, 2.05) is 12.1 Å². The van der Waals surface area contributed by atoms with E-state index in [2.05, 4.69) is 36.4 Å². The minimum Gasteiger partial charge on any atom is -0.372 e. The number of hydrogen-bond acceptors (Lipinski definition) is 1. The monoisotopic (exact) mass is 252 g/mol. The molecule has 1 nitrogen and oxygen atoms in total. The first-order valence-corrected chi connectivity index (χ1v) is 7.15. The molecule has 2 aromatic carbocycles. The van der Waals surface area contributed by atoms with Gasteiger partial charge >= 0.3 is 0 Å². The maximum Gasteiger partial charge on any atom is 0.0724 e. The number of ether oxygens (including phenoxy) is 1. The molecule has 2 aromatic rings. The Morgan fingerprint density at radius 1 is 0.579 bits per heavy atom. The maximum atomic E-state index is 5.21. The van der Waals surface area contributed by atoms with Gasteiger partial charge < -0.3 is 4.74 Å². The van der Waals surface area contributed by atoms with Crippen molar-refractivity contribution in [2.75, 3.05) is 0 Å². The summed E-state index contributed by atoms with van der Waals surface area (Å²) in [5.74, 6) is 0. The van der Waals surface area contributed by atoms with Gasteiger partial charge in [-0.05, 0) is 47.9 Å².